The fraction of sp³-hybridized carbons (Fsp3) is 0.571. The molecule has 4 nitrogen and oxygen atoms in total. The number of hydrogen-bond acceptors (Lipinski definition) is 4. The van der Waals surface area contributed by atoms with Crippen LogP contribution in [0.5, 0.6) is 0 Å². The van der Waals surface area contributed by atoms with Gasteiger partial charge in [-0.15, -0.1) is 0 Å². The van der Waals surface area contributed by atoms with Gasteiger partial charge < -0.3 is 19.5 Å². The molecule has 0 spiro atoms. The summed E-state index contributed by atoms with van der Waals surface area (Å²) in [5, 5.41) is 3.32. The van der Waals surface area contributed by atoms with E-state index in [1.54, 1.807) is 7.11 Å². The molecule has 0 amide bonds. The molecule has 1 aliphatic rings. The zero-order chi connectivity index (χ0) is 12.6. The molecule has 4 heteroatoms. The highest BCUT2D eigenvalue weighted by Gasteiger charge is 2.18. The molecule has 1 N–H and O–H groups in total. The maximum Gasteiger partial charge on any atom is 0.0933 e. The smallest absolute Gasteiger partial charge is 0.0933 e. The second-order valence-corrected chi connectivity index (χ2v) is 4.47. The van der Waals surface area contributed by atoms with Crippen LogP contribution < -0.4 is 5.32 Å². The highest BCUT2D eigenvalue weighted by atomic mass is 16.6. The fourth-order valence-electron chi connectivity index (χ4n) is 1.91. The minimum atomic E-state index is 0.105. The molecule has 1 fully saturated rings. The standard InChI is InChI=1S/C14H21NO3/c1-16-13-7-15-8-14(18-11-13)10-17-9-12-5-3-2-4-6-12/h2-6,13-15H,7-11H2,1H3/t13-,14+/m1/s1. The van der Waals surface area contributed by atoms with Gasteiger partial charge in [0.15, 0.2) is 0 Å². The molecule has 1 aromatic carbocycles. The predicted molar refractivity (Wildman–Crippen MR) is 69.5 cm³/mol. The molecule has 18 heavy (non-hydrogen) atoms. The average molecular weight is 251 g/mol. The van der Waals surface area contributed by atoms with E-state index < -0.39 is 0 Å². The van der Waals surface area contributed by atoms with Crippen LogP contribution in [0.4, 0.5) is 0 Å². The van der Waals surface area contributed by atoms with E-state index >= 15 is 0 Å². The van der Waals surface area contributed by atoms with Gasteiger partial charge in [0.25, 0.3) is 0 Å². The summed E-state index contributed by atoms with van der Waals surface area (Å²) in [5.41, 5.74) is 1.19. The normalized spacial score (nSPS) is 24.7. The molecule has 1 aromatic rings. The van der Waals surface area contributed by atoms with E-state index in [4.69, 9.17) is 14.2 Å². The van der Waals surface area contributed by atoms with Crippen LogP contribution in [0.25, 0.3) is 0 Å². The Labute approximate surface area is 108 Å². The molecule has 0 aliphatic carbocycles. The summed E-state index contributed by atoms with van der Waals surface area (Å²) in [6, 6.07) is 10.2. The van der Waals surface area contributed by atoms with Gasteiger partial charge >= 0.3 is 0 Å². The zero-order valence-corrected chi connectivity index (χ0v) is 10.8. The van der Waals surface area contributed by atoms with Crippen molar-refractivity contribution in [1.29, 1.82) is 0 Å². The maximum absolute atomic E-state index is 5.73. The highest BCUT2D eigenvalue weighted by molar-refractivity contribution is 5.13. The lowest BCUT2D eigenvalue weighted by Gasteiger charge is -2.15. The molecular formula is C14H21NO3. The first-order chi connectivity index (χ1) is 8.88. The van der Waals surface area contributed by atoms with Crippen LogP contribution in [0, 0.1) is 0 Å². The van der Waals surface area contributed by atoms with Gasteiger partial charge in [-0.05, 0) is 5.56 Å². The number of ether oxygens (including phenoxy) is 3. The largest absolute Gasteiger partial charge is 0.378 e. The van der Waals surface area contributed by atoms with Crippen LogP contribution in [0.1, 0.15) is 5.56 Å². The lowest BCUT2D eigenvalue weighted by Crippen LogP contribution is -2.31. The van der Waals surface area contributed by atoms with Crippen LogP contribution in [-0.4, -0.2) is 45.6 Å². The summed E-state index contributed by atoms with van der Waals surface area (Å²) in [6.07, 6.45) is 0.248. The third-order valence-electron chi connectivity index (χ3n) is 3.01. The first-order valence-corrected chi connectivity index (χ1v) is 6.35. The van der Waals surface area contributed by atoms with E-state index in [2.05, 4.69) is 17.4 Å². The van der Waals surface area contributed by atoms with Gasteiger partial charge in [0.1, 0.15) is 0 Å². The third kappa shape index (κ3) is 4.38. The Morgan fingerprint density at radius 3 is 2.89 bits per heavy atom. The molecular weight excluding hydrogens is 230 g/mol. The molecule has 2 rings (SSSR count). The van der Waals surface area contributed by atoms with Crippen molar-refractivity contribution in [3.8, 4) is 0 Å². The van der Waals surface area contributed by atoms with Crippen molar-refractivity contribution in [3.63, 3.8) is 0 Å². The number of nitrogens with one attached hydrogen (secondary N) is 1. The summed E-state index contributed by atoms with van der Waals surface area (Å²) < 4.78 is 16.7. The highest BCUT2D eigenvalue weighted by Crippen LogP contribution is 2.04. The Morgan fingerprint density at radius 1 is 1.28 bits per heavy atom. The summed E-state index contributed by atoms with van der Waals surface area (Å²) in [4.78, 5) is 0. The van der Waals surface area contributed by atoms with Crippen molar-refractivity contribution >= 4 is 0 Å². The summed E-state index contributed by atoms with van der Waals surface area (Å²) in [6.45, 7) is 3.52. The molecule has 0 bridgehead atoms. The first kappa shape index (κ1) is 13.5. The van der Waals surface area contributed by atoms with Crippen LogP contribution >= 0.6 is 0 Å². The number of methoxy groups -OCH3 is 1. The quantitative estimate of drug-likeness (QED) is 0.854. The average Bonchev–Trinajstić information content (AvgIpc) is 2.65. The monoisotopic (exact) mass is 251 g/mol. The summed E-state index contributed by atoms with van der Waals surface area (Å²) in [7, 11) is 1.71. The molecule has 0 saturated carbocycles. The van der Waals surface area contributed by atoms with Gasteiger partial charge in [-0.2, -0.15) is 0 Å². The van der Waals surface area contributed by atoms with Crippen LogP contribution in [0.15, 0.2) is 30.3 Å². The summed E-state index contributed by atoms with van der Waals surface area (Å²) in [5.74, 6) is 0. The van der Waals surface area contributed by atoms with E-state index in [1.165, 1.54) is 5.56 Å². The van der Waals surface area contributed by atoms with Crippen LogP contribution in [0.2, 0.25) is 0 Å². The van der Waals surface area contributed by atoms with Gasteiger partial charge in [0, 0.05) is 20.2 Å². The predicted octanol–water partition coefficient (Wildman–Crippen LogP) is 1.21. The van der Waals surface area contributed by atoms with Crippen molar-refractivity contribution in [2.75, 3.05) is 33.4 Å². The van der Waals surface area contributed by atoms with Crippen molar-refractivity contribution in [1.82, 2.24) is 5.32 Å². The van der Waals surface area contributed by atoms with Crippen molar-refractivity contribution in [2.45, 2.75) is 18.8 Å². The van der Waals surface area contributed by atoms with E-state index in [-0.39, 0.29) is 12.2 Å². The van der Waals surface area contributed by atoms with Gasteiger partial charge in [-0.1, -0.05) is 30.3 Å². The lowest BCUT2D eigenvalue weighted by molar-refractivity contribution is -0.0432. The number of rotatable bonds is 5. The summed E-state index contributed by atoms with van der Waals surface area (Å²) >= 11 is 0. The molecule has 1 aliphatic heterocycles. The van der Waals surface area contributed by atoms with Gasteiger partial charge in [-0.3, -0.25) is 0 Å². The minimum Gasteiger partial charge on any atom is -0.378 e. The second-order valence-electron chi connectivity index (χ2n) is 4.47. The number of benzene rings is 1. The van der Waals surface area contributed by atoms with Crippen LogP contribution in [-0.2, 0) is 20.8 Å². The molecule has 1 heterocycles. The van der Waals surface area contributed by atoms with E-state index in [0.29, 0.717) is 19.8 Å². The Kier molecular flexibility index (Phi) is 5.61. The van der Waals surface area contributed by atoms with Gasteiger partial charge in [0.05, 0.1) is 32.0 Å². The van der Waals surface area contributed by atoms with Crippen molar-refractivity contribution < 1.29 is 14.2 Å². The molecule has 2 atom stereocenters. The fourth-order valence-corrected chi connectivity index (χ4v) is 1.91. The van der Waals surface area contributed by atoms with E-state index in [1.807, 2.05) is 18.2 Å². The lowest BCUT2D eigenvalue weighted by atomic mass is 10.2. The zero-order valence-electron chi connectivity index (χ0n) is 10.8. The van der Waals surface area contributed by atoms with E-state index in [9.17, 15) is 0 Å². The topological polar surface area (TPSA) is 39.7 Å². The van der Waals surface area contributed by atoms with Gasteiger partial charge in [-0.25, -0.2) is 0 Å². The Morgan fingerprint density at radius 2 is 2.11 bits per heavy atom. The SMILES string of the molecule is CO[C@@H]1CNC[C@@H](COCc2ccccc2)OC1. The minimum absolute atomic E-state index is 0.105. The molecule has 0 aromatic heterocycles. The Balaban J connectivity index is 1.67. The molecule has 100 valence electrons. The Bertz CT molecular complexity index is 331. The van der Waals surface area contributed by atoms with Crippen LogP contribution in [0.3, 0.4) is 0 Å². The third-order valence-corrected chi connectivity index (χ3v) is 3.01. The van der Waals surface area contributed by atoms with Crippen molar-refractivity contribution in [2.24, 2.45) is 0 Å². The molecule has 0 radical (unpaired) electrons. The maximum atomic E-state index is 5.73. The van der Waals surface area contributed by atoms with Gasteiger partial charge in [0.2, 0.25) is 0 Å². The first-order valence-electron chi connectivity index (χ1n) is 6.35. The number of hydrogen-bond donors (Lipinski definition) is 1. The second kappa shape index (κ2) is 7.48. The van der Waals surface area contributed by atoms with E-state index in [0.717, 1.165) is 13.1 Å². The Hall–Kier alpha value is -0.940. The molecule has 0 unspecified atom stereocenters. The molecule has 1 saturated heterocycles. The van der Waals surface area contributed by atoms with Crippen molar-refractivity contribution in [3.05, 3.63) is 35.9 Å².